The zero-order chi connectivity index (χ0) is 11.4. The van der Waals surface area contributed by atoms with Crippen LogP contribution in [0.25, 0.3) is 0 Å². The van der Waals surface area contributed by atoms with Crippen LogP contribution in [0.2, 0.25) is 0 Å². The average Bonchev–Trinajstić information content (AvgIpc) is 2.72. The maximum atomic E-state index is 8.95. The van der Waals surface area contributed by atoms with Crippen molar-refractivity contribution in [2.45, 2.75) is 13.5 Å². The summed E-state index contributed by atoms with van der Waals surface area (Å²) in [5, 5.41) is 16.5. The highest BCUT2D eigenvalue weighted by Crippen LogP contribution is 2.20. The third-order valence-corrected chi connectivity index (χ3v) is 3.32. The zero-order valence-corrected chi connectivity index (χ0v) is 9.84. The summed E-state index contributed by atoms with van der Waals surface area (Å²) in [6, 6.07) is 9.87. The summed E-state index contributed by atoms with van der Waals surface area (Å²) in [6.07, 6.45) is 0. The first-order valence-electron chi connectivity index (χ1n) is 5.06. The molecule has 0 aliphatic carbocycles. The van der Waals surface area contributed by atoms with Gasteiger partial charge in [-0.05, 0) is 29.5 Å². The highest BCUT2D eigenvalue weighted by atomic mass is 32.1. The van der Waals surface area contributed by atoms with Crippen molar-refractivity contribution in [1.29, 1.82) is 5.26 Å². The predicted octanol–water partition coefficient (Wildman–Crippen LogP) is 3.54. The SMILES string of the molecule is Cc1cscc1NCc1ccccc1C#N. The summed E-state index contributed by atoms with van der Waals surface area (Å²) in [7, 11) is 0. The molecule has 2 rings (SSSR count). The summed E-state index contributed by atoms with van der Waals surface area (Å²) in [5.41, 5.74) is 4.18. The molecule has 80 valence electrons. The van der Waals surface area contributed by atoms with E-state index in [-0.39, 0.29) is 0 Å². The van der Waals surface area contributed by atoms with E-state index in [4.69, 9.17) is 5.26 Å². The fourth-order valence-electron chi connectivity index (χ4n) is 1.52. The molecule has 1 aromatic heterocycles. The average molecular weight is 228 g/mol. The molecule has 0 spiro atoms. The lowest BCUT2D eigenvalue weighted by Crippen LogP contribution is -2.01. The Morgan fingerprint density at radius 1 is 1.31 bits per heavy atom. The molecule has 3 heteroatoms. The van der Waals surface area contributed by atoms with E-state index >= 15 is 0 Å². The Bertz CT molecular complexity index is 523. The third kappa shape index (κ3) is 2.23. The molecule has 1 aromatic carbocycles. The van der Waals surface area contributed by atoms with Crippen LogP contribution in [0.4, 0.5) is 5.69 Å². The second-order valence-electron chi connectivity index (χ2n) is 3.59. The van der Waals surface area contributed by atoms with Gasteiger partial charge < -0.3 is 5.32 Å². The van der Waals surface area contributed by atoms with Crippen LogP contribution in [-0.4, -0.2) is 0 Å². The van der Waals surface area contributed by atoms with Crippen molar-refractivity contribution in [3.8, 4) is 6.07 Å². The van der Waals surface area contributed by atoms with Crippen LogP contribution in [-0.2, 0) is 6.54 Å². The fraction of sp³-hybridized carbons (Fsp3) is 0.154. The number of aryl methyl sites for hydroxylation is 1. The van der Waals surface area contributed by atoms with Crippen molar-refractivity contribution in [2.24, 2.45) is 0 Å². The monoisotopic (exact) mass is 228 g/mol. The van der Waals surface area contributed by atoms with Crippen LogP contribution >= 0.6 is 11.3 Å². The first-order valence-corrected chi connectivity index (χ1v) is 6.00. The number of nitrogens with one attached hydrogen (secondary N) is 1. The molecule has 0 aliphatic heterocycles. The van der Waals surface area contributed by atoms with Gasteiger partial charge in [-0.15, -0.1) is 11.3 Å². The van der Waals surface area contributed by atoms with Crippen molar-refractivity contribution in [1.82, 2.24) is 0 Å². The minimum absolute atomic E-state index is 0.696. The van der Waals surface area contributed by atoms with Crippen LogP contribution in [0.3, 0.4) is 0 Å². The Labute approximate surface area is 99.2 Å². The Kier molecular flexibility index (Phi) is 3.23. The summed E-state index contributed by atoms with van der Waals surface area (Å²) in [4.78, 5) is 0. The molecule has 0 amide bonds. The van der Waals surface area contributed by atoms with E-state index < -0.39 is 0 Å². The molecule has 0 bridgehead atoms. The summed E-state index contributed by atoms with van der Waals surface area (Å²) < 4.78 is 0. The van der Waals surface area contributed by atoms with Gasteiger partial charge in [-0.1, -0.05) is 18.2 Å². The summed E-state index contributed by atoms with van der Waals surface area (Å²) >= 11 is 1.68. The second kappa shape index (κ2) is 4.82. The Morgan fingerprint density at radius 2 is 2.12 bits per heavy atom. The number of nitriles is 1. The molecule has 0 unspecified atom stereocenters. The quantitative estimate of drug-likeness (QED) is 0.872. The van der Waals surface area contributed by atoms with E-state index in [9.17, 15) is 0 Å². The molecule has 2 nitrogen and oxygen atoms in total. The molecule has 16 heavy (non-hydrogen) atoms. The number of anilines is 1. The van der Waals surface area contributed by atoms with Gasteiger partial charge in [0, 0.05) is 17.6 Å². The Balaban J connectivity index is 2.11. The molecule has 0 atom stereocenters. The lowest BCUT2D eigenvalue weighted by molar-refractivity contribution is 1.13. The van der Waals surface area contributed by atoms with Crippen molar-refractivity contribution in [2.75, 3.05) is 5.32 Å². The lowest BCUT2D eigenvalue weighted by Gasteiger charge is -2.07. The molecule has 1 N–H and O–H groups in total. The number of rotatable bonds is 3. The van der Waals surface area contributed by atoms with Crippen molar-refractivity contribution < 1.29 is 0 Å². The predicted molar refractivity (Wildman–Crippen MR) is 67.5 cm³/mol. The van der Waals surface area contributed by atoms with Gasteiger partial charge >= 0.3 is 0 Å². The number of thiophene rings is 1. The van der Waals surface area contributed by atoms with Crippen LogP contribution < -0.4 is 5.32 Å². The van der Waals surface area contributed by atoms with Gasteiger partial charge in [0.25, 0.3) is 0 Å². The number of nitrogens with zero attached hydrogens (tertiary/aromatic N) is 1. The number of hydrogen-bond acceptors (Lipinski definition) is 3. The second-order valence-corrected chi connectivity index (χ2v) is 4.33. The maximum absolute atomic E-state index is 8.95. The minimum atomic E-state index is 0.696. The van der Waals surface area contributed by atoms with Crippen molar-refractivity contribution in [3.63, 3.8) is 0 Å². The van der Waals surface area contributed by atoms with Gasteiger partial charge in [0.2, 0.25) is 0 Å². The highest BCUT2D eigenvalue weighted by Gasteiger charge is 2.02. The van der Waals surface area contributed by atoms with Crippen molar-refractivity contribution >= 4 is 17.0 Å². The maximum Gasteiger partial charge on any atom is 0.0995 e. The highest BCUT2D eigenvalue weighted by molar-refractivity contribution is 7.08. The van der Waals surface area contributed by atoms with E-state index in [0.717, 1.165) is 16.8 Å². The van der Waals surface area contributed by atoms with Gasteiger partial charge in [0.05, 0.1) is 11.6 Å². The molecule has 0 radical (unpaired) electrons. The number of hydrogen-bond donors (Lipinski definition) is 1. The molecule has 0 aliphatic rings. The van der Waals surface area contributed by atoms with Gasteiger partial charge in [-0.3, -0.25) is 0 Å². The Morgan fingerprint density at radius 3 is 2.81 bits per heavy atom. The van der Waals surface area contributed by atoms with Crippen LogP contribution in [0, 0.1) is 18.3 Å². The molecule has 0 saturated carbocycles. The Hall–Kier alpha value is -1.79. The molecule has 0 fully saturated rings. The molecular formula is C13H12N2S. The zero-order valence-electron chi connectivity index (χ0n) is 9.03. The fourth-order valence-corrected chi connectivity index (χ4v) is 2.32. The third-order valence-electron chi connectivity index (χ3n) is 2.46. The van der Waals surface area contributed by atoms with Crippen LogP contribution in [0.1, 0.15) is 16.7 Å². The van der Waals surface area contributed by atoms with E-state index in [1.54, 1.807) is 11.3 Å². The summed E-state index contributed by atoms with van der Waals surface area (Å²) in [5.74, 6) is 0. The van der Waals surface area contributed by atoms with E-state index in [1.165, 1.54) is 5.56 Å². The summed E-state index contributed by atoms with van der Waals surface area (Å²) in [6.45, 7) is 2.77. The van der Waals surface area contributed by atoms with E-state index in [2.05, 4.69) is 29.1 Å². The molecule has 2 aromatic rings. The van der Waals surface area contributed by atoms with Crippen LogP contribution in [0.5, 0.6) is 0 Å². The normalized spacial score (nSPS) is 9.75. The van der Waals surface area contributed by atoms with Crippen molar-refractivity contribution in [3.05, 3.63) is 51.7 Å². The minimum Gasteiger partial charge on any atom is -0.380 e. The largest absolute Gasteiger partial charge is 0.380 e. The molecular weight excluding hydrogens is 216 g/mol. The van der Waals surface area contributed by atoms with Gasteiger partial charge in [-0.25, -0.2) is 0 Å². The standard InChI is InChI=1S/C13H12N2S/c1-10-8-16-9-13(10)15-7-12-5-3-2-4-11(12)6-14/h2-5,8-9,15H,7H2,1H3. The topological polar surface area (TPSA) is 35.8 Å². The van der Waals surface area contributed by atoms with Gasteiger partial charge in [-0.2, -0.15) is 5.26 Å². The van der Waals surface area contributed by atoms with Gasteiger partial charge in [0.15, 0.2) is 0 Å². The lowest BCUT2D eigenvalue weighted by atomic mass is 10.1. The first kappa shape index (κ1) is 10.7. The van der Waals surface area contributed by atoms with Gasteiger partial charge in [0.1, 0.15) is 0 Å². The number of benzene rings is 1. The smallest absolute Gasteiger partial charge is 0.0995 e. The molecule has 0 saturated heterocycles. The molecule has 1 heterocycles. The van der Waals surface area contributed by atoms with E-state index in [0.29, 0.717) is 6.54 Å². The first-order chi connectivity index (χ1) is 7.81. The van der Waals surface area contributed by atoms with Crippen LogP contribution in [0.15, 0.2) is 35.0 Å². The van der Waals surface area contributed by atoms with E-state index in [1.807, 2.05) is 24.3 Å².